The second-order valence-electron chi connectivity index (χ2n) is 9.34. The number of fused-ring (bicyclic) bond motifs is 9. The van der Waals surface area contributed by atoms with Gasteiger partial charge < -0.3 is 4.42 Å². The normalized spacial score (nSPS) is 12.0. The molecule has 0 aliphatic rings. The Morgan fingerprint density at radius 2 is 1.12 bits per heavy atom. The zero-order valence-electron chi connectivity index (χ0n) is 19.4. The number of nitrogens with zero attached hydrogens (tertiary/aromatic N) is 1. The fourth-order valence-electron chi connectivity index (χ4n) is 5.44. The van der Waals surface area contributed by atoms with Crippen LogP contribution in [0.15, 0.2) is 89.5 Å². The van der Waals surface area contributed by atoms with E-state index in [1.165, 1.54) is 49.0 Å². The highest BCUT2D eigenvalue weighted by atomic mass is 16.3. The van der Waals surface area contributed by atoms with Crippen LogP contribution in [0.4, 0.5) is 0 Å². The van der Waals surface area contributed by atoms with Gasteiger partial charge >= 0.3 is 0 Å². The minimum atomic E-state index is 0.899. The van der Waals surface area contributed by atoms with Crippen molar-refractivity contribution in [1.82, 2.24) is 4.98 Å². The lowest BCUT2D eigenvalue weighted by atomic mass is 9.93. The highest BCUT2D eigenvalue weighted by Crippen LogP contribution is 2.40. The molecule has 0 spiro atoms. The monoisotopic (exact) mass is 437 g/mol. The third-order valence-electron chi connectivity index (χ3n) is 7.51. The van der Waals surface area contributed by atoms with Gasteiger partial charge in [-0.2, -0.15) is 0 Å². The molecule has 0 N–H and O–H groups in total. The maximum Gasteiger partial charge on any atom is 0.136 e. The van der Waals surface area contributed by atoms with Crippen molar-refractivity contribution in [3.63, 3.8) is 0 Å². The summed E-state index contributed by atoms with van der Waals surface area (Å²) in [5, 5.41) is 9.89. The first-order valence-electron chi connectivity index (χ1n) is 11.7. The lowest BCUT2D eigenvalue weighted by molar-refractivity contribution is 0.669. The molecule has 0 amide bonds. The maximum absolute atomic E-state index is 6.45. The Hall–Kier alpha value is -4.17. The van der Waals surface area contributed by atoms with Crippen LogP contribution in [0.1, 0.15) is 16.7 Å². The number of aromatic nitrogens is 1. The molecule has 0 aliphatic carbocycles. The predicted octanol–water partition coefficient (Wildman–Crippen LogP) is 9.03. The SMILES string of the molecule is Cc1cnc(-c2ccc3c(c2)oc2cc4c5ccccc5c5ccccc5c4cc23)c(C)c1C. The smallest absolute Gasteiger partial charge is 0.136 e. The molecule has 0 aliphatic heterocycles. The highest BCUT2D eigenvalue weighted by molar-refractivity contribution is 6.28. The van der Waals surface area contributed by atoms with E-state index in [-0.39, 0.29) is 0 Å². The highest BCUT2D eigenvalue weighted by Gasteiger charge is 2.15. The van der Waals surface area contributed by atoms with Crippen LogP contribution in [0.25, 0.3) is 65.5 Å². The standard InChI is InChI=1S/C32H23NO/c1-18-17-33-32(20(3)19(18)2)21-12-13-26-29-15-27-24-10-6-4-8-22(24)23-9-5-7-11-25(23)28(27)16-31(29)34-30(26)14-21/h4-17H,1-3H3. The number of aryl methyl sites for hydroxylation is 1. The van der Waals surface area contributed by atoms with E-state index in [9.17, 15) is 0 Å². The average molecular weight is 438 g/mol. The first-order valence-corrected chi connectivity index (χ1v) is 11.7. The maximum atomic E-state index is 6.45. The number of benzene rings is 5. The summed E-state index contributed by atoms with van der Waals surface area (Å²) in [4.78, 5) is 4.74. The fraction of sp³-hybridized carbons (Fsp3) is 0.0938. The quantitative estimate of drug-likeness (QED) is 0.239. The van der Waals surface area contributed by atoms with Crippen molar-refractivity contribution in [2.75, 3.05) is 0 Å². The van der Waals surface area contributed by atoms with Gasteiger partial charge in [-0.15, -0.1) is 0 Å². The van der Waals surface area contributed by atoms with Gasteiger partial charge in [-0.3, -0.25) is 4.98 Å². The molecule has 0 fully saturated rings. The first-order chi connectivity index (χ1) is 16.6. The van der Waals surface area contributed by atoms with Crippen molar-refractivity contribution in [1.29, 1.82) is 0 Å². The van der Waals surface area contributed by atoms with Gasteiger partial charge in [0.25, 0.3) is 0 Å². The number of rotatable bonds is 1. The van der Waals surface area contributed by atoms with Crippen molar-refractivity contribution >= 4 is 54.3 Å². The number of hydrogen-bond donors (Lipinski definition) is 0. The summed E-state index contributed by atoms with van der Waals surface area (Å²) in [7, 11) is 0. The minimum Gasteiger partial charge on any atom is -0.456 e. The van der Waals surface area contributed by atoms with E-state index >= 15 is 0 Å². The van der Waals surface area contributed by atoms with Gasteiger partial charge in [0.2, 0.25) is 0 Å². The van der Waals surface area contributed by atoms with Crippen LogP contribution in [0.5, 0.6) is 0 Å². The van der Waals surface area contributed by atoms with Crippen LogP contribution in [-0.2, 0) is 0 Å². The second-order valence-corrected chi connectivity index (χ2v) is 9.34. The summed E-state index contributed by atoms with van der Waals surface area (Å²) in [5.74, 6) is 0. The number of furan rings is 1. The molecule has 2 heteroatoms. The Bertz CT molecular complexity index is 1940. The van der Waals surface area contributed by atoms with Gasteiger partial charge in [0, 0.05) is 22.5 Å². The fourth-order valence-corrected chi connectivity index (χ4v) is 5.44. The molecule has 2 heterocycles. The third-order valence-corrected chi connectivity index (χ3v) is 7.51. The molecular weight excluding hydrogens is 414 g/mol. The molecule has 34 heavy (non-hydrogen) atoms. The van der Waals surface area contributed by atoms with Crippen LogP contribution in [-0.4, -0.2) is 4.98 Å². The van der Waals surface area contributed by atoms with Gasteiger partial charge in [0.05, 0.1) is 5.69 Å². The van der Waals surface area contributed by atoms with Crippen LogP contribution in [0.3, 0.4) is 0 Å². The molecule has 7 rings (SSSR count). The van der Waals surface area contributed by atoms with Gasteiger partial charge in [-0.1, -0.05) is 54.6 Å². The second kappa shape index (κ2) is 6.91. The molecule has 0 saturated heterocycles. The number of hydrogen-bond acceptors (Lipinski definition) is 2. The Labute approximate surface area is 197 Å². The van der Waals surface area contributed by atoms with Crippen molar-refractivity contribution in [3.8, 4) is 11.3 Å². The average Bonchev–Trinajstić information content (AvgIpc) is 3.23. The van der Waals surface area contributed by atoms with Crippen molar-refractivity contribution in [2.45, 2.75) is 20.8 Å². The zero-order chi connectivity index (χ0) is 23.0. The molecule has 2 aromatic heterocycles. The van der Waals surface area contributed by atoms with E-state index in [2.05, 4.69) is 99.6 Å². The van der Waals surface area contributed by atoms with E-state index < -0.39 is 0 Å². The summed E-state index contributed by atoms with van der Waals surface area (Å²) in [6, 6.07) is 28.4. The lowest BCUT2D eigenvalue weighted by Crippen LogP contribution is -1.94. The van der Waals surface area contributed by atoms with Crippen LogP contribution in [0, 0.1) is 20.8 Å². The Morgan fingerprint density at radius 3 is 1.79 bits per heavy atom. The molecule has 7 aromatic rings. The van der Waals surface area contributed by atoms with Gasteiger partial charge in [0.1, 0.15) is 11.2 Å². The predicted molar refractivity (Wildman–Crippen MR) is 144 cm³/mol. The third kappa shape index (κ3) is 2.60. The molecule has 5 aromatic carbocycles. The van der Waals surface area contributed by atoms with Crippen molar-refractivity contribution < 1.29 is 4.42 Å². The van der Waals surface area contributed by atoms with Crippen LogP contribution < -0.4 is 0 Å². The summed E-state index contributed by atoms with van der Waals surface area (Å²) in [5.41, 5.74) is 7.66. The molecule has 0 unspecified atom stereocenters. The molecular formula is C32H23NO. The van der Waals surface area contributed by atoms with Crippen molar-refractivity contribution in [2.24, 2.45) is 0 Å². The van der Waals surface area contributed by atoms with Gasteiger partial charge in [0.15, 0.2) is 0 Å². The summed E-state index contributed by atoms with van der Waals surface area (Å²) in [6.07, 6.45) is 1.96. The van der Waals surface area contributed by atoms with E-state index in [0.29, 0.717) is 0 Å². The molecule has 0 saturated carbocycles. The zero-order valence-corrected chi connectivity index (χ0v) is 19.4. The Kier molecular flexibility index (Phi) is 3.93. The van der Waals surface area contributed by atoms with E-state index in [1.807, 2.05) is 6.20 Å². The summed E-state index contributed by atoms with van der Waals surface area (Å²) in [6.45, 7) is 6.42. The molecule has 0 atom stereocenters. The Morgan fingerprint density at radius 1 is 0.529 bits per heavy atom. The van der Waals surface area contributed by atoms with Gasteiger partial charge in [-0.05, 0) is 94.0 Å². The van der Waals surface area contributed by atoms with E-state index in [0.717, 1.165) is 33.2 Å². The molecule has 0 bridgehead atoms. The lowest BCUT2D eigenvalue weighted by Gasteiger charge is -2.10. The summed E-state index contributed by atoms with van der Waals surface area (Å²) < 4.78 is 6.45. The Balaban J connectivity index is 1.55. The molecule has 0 radical (unpaired) electrons. The van der Waals surface area contributed by atoms with Crippen LogP contribution >= 0.6 is 0 Å². The molecule has 162 valence electrons. The van der Waals surface area contributed by atoms with E-state index in [1.54, 1.807) is 0 Å². The van der Waals surface area contributed by atoms with Crippen molar-refractivity contribution in [3.05, 3.63) is 102 Å². The van der Waals surface area contributed by atoms with Crippen LogP contribution in [0.2, 0.25) is 0 Å². The first kappa shape index (κ1) is 19.3. The van der Waals surface area contributed by atoms with E-state index in [4.69, 9.17) is 9.40 Å². The minimum absolute atomic E-state index is 0.899. The largest absolute Gasteiger partial charge is 0.456 e. The summed E-state index contributed by atoms with van der Waals surface area (Å²) >= 11 is 0. The number of pyridine rings is 1. The van der Waals surface area contributed by atoms with Gasteiger partial charge in [-0.25, -0.2) is 0 Å². The molecule has 2 nitrogen and oxygen atoms in total. The topological polar surface area (TPSA) is 26.0 Å².